The normalized spacial score (nSPS) is 18.7. The van der Waals surface area contributed by atoms with Gasteiger partial charge in [-0.2, -0.15) is 0 Å². The van der Waals surface area contributed by atoms with Crippen molar-refractivity contribution in [3.63, 3.8) is 0 Å². The molecule has 1 fully saturated rings. The molecule has 8 N–H and O–H groups in total. The van der Waals surface area contributed by atoms with Crippen LogP contribution in [-0.2, 0) is 14.3 Å². The number of carbonyl (C=O) groups excluding carboxylic acids is 1. The number of rotatable bonds is 69. The molecule has 0 aromatic carbocycles. The molecule has 518 valence electrons. The number of carbonyl (C=O) groups is 1. The molecule has 1 heterocycles. The standard InChI is InChI=1S/C76H149NO10/c1-3-5-7-9-11-13-15-17-19-21-23-25-27-29-31-33-34-36-38-40-42-44-46-48-50-52-54-56-58-60-62-64-69(80)75(85)77-67(66-86-76-74(84)73(83)72(82)70(65-78)87-76)71(81)68(79)63-61-59-57-55-53-51-49-47-45-43-41-39-37-35-32-30-28-26-24-22-20-18-16-14-12-10-8-6-4-2/h55,57,67-74,76,78-84H,3-54,56,58-66H2,1-2H3,(H,77,85)/b57-55+. The predicted octanol–water partition coefficient (Wildman–Crippen LogP) is 19.4. The van der Waals surface area contributed by atoms with Crippen molar-refractivity contribution in [2.45, 2.75) is 454 Å². The van der Waals surface area contributed by atoms with E-state index < -0.39 is 74.2 Å². The van der Waals surface area contributed by atoms with Crippen molar-refractivity contribution in [3.8, 4) is 0 Å². The van der Waals surface area contributed by atoms with Crippen LogP contribution in [0.1, 0.15) is 399 Å². The zero-order valence-electron chi connectivity index (χ0n) is 57.5. The van der Waals surface area contributed by atoms with E-state index in [9.17, 15) is 40.5 Å². The highest BCUT2D eigenvalue weighted by Gasteiger charge is 2.44. The first-order chi connectivity index (χ1) is 42.7. The van der Waals surface area contributed by atoms with Gasteiger partial charge >= 0.3 is 0 Å². The second-order valence-electron chi connectivity index (χ2n) is 27.4. The lowest BCUT2D eigenvalue weighted by Gasteiger charge is -2.40. The Morgan fingerprint density at radius 2 is 0.678 bits per heavy atom. The van der Waals surface area contributed by atoms with Crippen LogP contribution < -0.4 is 5.32 Å². The molecule has 0 aromatic rings. The first-order valence-electron chi connectivity index (χ1n) is 38.6. The first-order valence-corrected chi connectivity index (χ1v) is 38.6. The predicted molar refractivity (Wildman–Crippen MR) is 367 cm³/mol. The smallest absolute Gasteiger partial charge is 0.249 e. The summed E-state index contributed by atoms with van der Waals surface area (Å²) < 4.78 is 11.2. The molecule has 0 radical (unpaired) electrons. The molecular weight excluding hydrogens is 1090 g/mol. The molecule has 1 saturated heterocycles. The van der Waals surface area contributed by atoms with Crippen molar-refractivity contribution in [1.82, 2.24) is 5.32 Å². The molecule has 0 bridgehead atoms. The molecule has 11 heteroatoms. The average Bonchev–Trinajstić information content (AvgIpc) is 1.97. The molecule has 9 unspecified atom stereocenters. The summed E-state index contributed by atoms with van der Waals surface area (Å²) in [5.41, 5.74) is 0. The maximum atomic E-state index is 13.3. The third-order valence-corrected chi connectivity index (χ3v) is 19.1. The molecule has 1 aliphatic rings. The molecule has 0 aliphatic carbocycles. The maximum Gasteiger partial charge on any atom is 0.249 e. The number of amides is 1. The average molecular weight is 1240 g/mol. The number of hydrogen-bond donors (Lipinski definition) is 8. The Kier molecular flexibility index (Phi) is 62.6. The number of ether oxygens (including phenoxy) is 2. The summed E-state index contributed by atoms with van der Waals surface area (Å²) in [6.45, 7) is 3.52. The number of nitrogens with one attached hydrogen (secondary N) is 1. The van der Waals surface area contributed by atoms with Crippen LogP contribution in [0, 0.1) is 0 Å². The number of aliphatic hydroxyl groups excluding tert-OH is 7. The summed E-state index contributed by atoms with van der Waals surface area (Å²) in [6, 6.07) is -1.18. The lowest BCUT2D eigenvalue weighted by molar-refractivity contribution is -0.303. The lowest BCUT2D eigenvalue weighted by atomic mass is 9.98. The zero-order chi connectivity index (χ0) is 63.1. The molecule has 9 atom stereocenters. The van der Waals surface area contributed by atoms with Crippen molar-refractivity contribution >= 4 is 5.91 Å². The molecule has 0 saturated carbocycles. The molecule has 11 nitrogen and oxygen atoms in total. The Balaban J connectivity index is 2.16. The van der Waals surface area contributed by atoms with E-state index in [0.29, 0.717) is 12.8 Å². The molecule has 1 aliphatic heterocycles. The van der Waals surface area contributed by atoms with Gasteiger partial charge in [0.2, 0.25) is 5.91 Å². The fraction of sp³-hybridized carbons (Fsp3) is 0.961. The van der Waals surface area contributed by atoms with Gasteiger partial charge in [-0.25, -0.2) is 0 Å². The van der Waals surface area contributed by atoms with Gasteiger partial charge in [-0.05, 0) is 38.5 Å². The van der Waals surface area contributed by atoms with E-state index in [1.807, 2.05) is 0 Å². The molecule has 1 amide bonds. The minimum absolute atomic E-state index is 0.260. The molecule has 0 aromatic heterocycles. The summed E-state index contributed by atoms with van der Waals surface area (Å²) >= 11 is 0. The third kappa shape index (κ3) is 52.0. The van der Waals surface area contributed by atoms with Gasteiger partial charge in [0.15, 0.2) is 6.29 Å². The van der Waals surface area contributed by atoms with E-state index in [1.54, 1.807) is 0 Å². The Morgan fingerprint density at radius 1 is 0.391 bits per heavy atom. The van der Waals surface area contributed by atoms with Crippen molar-refractivity contribution in [2.75, 3.05) is 13.2 Å². The van der Waals surface area contributed by atoms with Crippen LogP contribution in [0.15, 0.2) is 12.2 Å². The summed E-state index contributed by atoms with van der Waals surface area (Å²) in [4.78, 5) is 13.3. The minimum atomic E-state index is -1.67. The van der Waals surface area contributed by atoms with Gasteiger partial charge in [-0.1, -0.05) is 373 Å². The van der Waals surface area contributed by atoms with Crippen LogP contribution in [0.25, 0.3) is 0 Å². The van der Waals surface area contributed by atoms with Crippen molar-refractivity contribution in [2.24, 2.45) is 0 Å². The van der Waals surface area contributed by atoms with E-state index in [4.69, 9.17) is 9.47 Å². The van der Waals surface area contributed by atoms with Gasteiger partial charge in [0.25, 0.3) is 0 Å². The second kappa shape index (κ2) is 64.9. The van der Waals surface area contributed by atoms with Crippen LogP contribution in [0.2, 0.25) is 0 Å². The fourth-order valence-corrected chi connectivity index (χ4v) is 12.9. The first kappa shape index (κ1) is 83.9. The number of unbranched alkanes of at least 4 members (excludes halogenated alkanes) is 55. The van der Waals surface area contributed by atoms with Gasteiger partial charge in [0.05, 0.1) is 25.4 Å². The van der Waals surface area contributed by atoms with Gasteiger partial charge in [-0.15, -0.1) is 0 Å². The van der Waals surface area contributed by atoms with Gasteiger partial charge in [0, 0.05) is 0 Å². The zero-order valence-corrected chi connectivity index (χ0v) is 57.5. The summed E-state index contributed by atoms with van der Waals surface area (Å²) in [5.74, 6) is -0.696. The summed E-state index contributed by atoms with van der Waals surface area (Å²) in [7, 11) is 0. The Bertz CT molecular complexity index is 1420. The fourth-order valence-electron chi connectivity index (χ4n) is 12.9. The quantitative estimate of drug-likeness (QED) is 0.0215. The summed E-state index contributed by atoms with van der Waals surface area (Å²) in [5, 5.41) is 76.6. The Hall–Kier alpha value is -1.15. The molecule has 1 rings (SSSR count). The van der Waals surface area contributed by atoms with Crippen molar-refractivity contribution < 1.29 is 50.0 Å². The largest absolute Gasteiger partial charge is 0.394 e. The highest BCUT2D eigenvalue weighted by atomic mass is 16.7. The summed E-state index contributed by atoms with van der Waals surface area (Å²) in [6.07, 6.45) is 70.4. The number of hydrogen-bond acceptors (Lipinski definition) is 10. The van der Waals surface area contributed by atoms with E-state index >= 15 is 0 Å². The lowest BCUT2D eigenvalue weighted by Crippen LogP contribution is -2.60. The van der Waals surface area contributed by atoms with Crippen molar-refractivity contribution in [3.05, 3.63) is 12.2 Å². The Labute approximate surface area is 538 Å². The van der Waals surface area contributed by atoms with Crippen molar-refractivity contribution in [1.29, 1.82) is 0 Å². The molecule has 0 spiro atoms. The van der Waals surface area contributed by atoms with Crippen LogP contribution in [0.3, 0.4) is 0 Å². The molecular formula is C76H149NO10. The van der Waals surface area contributed by atoms with E-state index in [0.717, 1.165) is 32.1 Å². The van der Waals surface area contributed by atoms with E-state index in [1.165, 1.54) is 327 Å². The number of allylic oxidation sites excluding steroid dienone is 2. The van der Waals surface area contributed by atoms with E-state index in [2.05, 4.69) is 31.3 Å². The SMILES string of the molecule is CCCCCCCCCCCCCCCCCCCCCCCCCC/C=C/CCCC(O)C(O)C(COC1OC(CO)C(O)C(O)C1O)NC(=O)C(O)CCCCCCCCCCCCCCCCCCCCCCCCCCCCCCCCC. The maximum absolute atomic E-state index is 13.3. The van der Waals surface area contributed by atoms with Crippen LogP contribution in [-0.4, -0.2) is 110 Å². The third-order valence-electron chi connectivity index (χ3n) is 19.1. The van der Waals surface area contributed by atoms with Crippen LogP contribution in [0.5, 0.6) is 0 Å². The Morgan fingerprint density at radius 3 is 0.989 bits per heavy atom. The van der Waals surface area contributed by atoms with Gasteiger partial charge in [0.1, 0.15) is 36.6 Å². The second-order valence-corrected chi connectivity index (χ2v) is 27.4. The minimum Gasteiger partial charge on any atom is -0.394 e. The monoisotopic (exact) mass is 1240 g/mol. The highest BCUT2D eigenvalue weighted by molar-refractivity contribution is 5.80. The number of aliphatic hydroxyl groups is 7. The topological polar surface area (TPSA) is 189 Å². The van der Waals surface area contributed by atoms with E-state index in [-0.39, 0.29) is 12.8 Å². The van der Waals surface area contributed by atoms with Gasteiger partial charge in [-0.3, -0.25) is 4.79 Å². The molecule has 87 heavy (non-hydrogen) atoms. The van der Waals surface area contributed by atoms with Gasteiger partial charge < -0.3 is 50.5 Å². The highest BCUT2D eigenvalue weighted by Crippen LogP contribution is 2.24. The van der Waals surface area contributed by atoms with Crippen LogP contribution in [0.4, 0.5) is 0 Å². The van der Waals surface area contributed by atoms with Crippen LogP contribution >= 0.6 is 0 Å².